The number of benzene rings is 1. The van der Waals surface area contributed by atoms with Gasteiger partial charge in [0.05, 0.1) is 17.7 Å². The SMILES string of the molecule is O=C(CCN(Cc1ccco1)S(=O)(=O)c1ccc(Cl)cc1)NNS(=O)(=O)c1cccs1. The molecule has 0 aliphatic carbocycles. The highest BCUT2D eigenvalue weighted by atomic mass is 35.5. The summed E-state index contributed by atoms with van der Waals surface area (Å²) in [4.78, 5) is 14.2. The second-order valence-corrected chi connectivity index (χ2v) is 11.4. The quantitative estimate of drug-likeness (QED) is 0.409. The van der Waals surface area contributed by atoms with E-state index in [1.807, 2.05) is 4.83 Å². The number of carbonyl (C=O) groups is 1. The molecule has 0 saturated heterocycles. The number of halogens is 1. The van der Waals surface area contributed by atoms with E-state index in [0.717, 1.165) is 15.6 Å². The van der Waals surface area contributed by atoms with Gasteiger partial charge in [-0.05, 0) is 47.8 Å². The van der Waals surface area contributed by atoms with E-state index in [9.17, 15) is 21.6 Å². The summed E-state index contributed by atoms with van der Waals surface area (Å²) in [7, 11) is -7.86. The third-order valence-corrected chi connectivity index (χ3v) is 8.79. The third-order valence-electron chi connectivity index (χ3n) is 4.04. The van der Waals surface area contributed by atoms with Crippen LogP contribution in [-0.4, -0.2) is 33.6 Å². The van der Waals surface area contributed by atoms with Crippen molar-refractivity contribution in [2.24, 2.45) is 0 Å². The Kier molecular flexibility index (Phi) is 7.51. The number of furan rings is 1. The van der Waals surface area contributed by atoms with Crippen molar-refractivity contribution in [1.29, 1.82) is 0 Å². The molecule has 0 bridgehead atoms. The molecule has 1 aromatic carbocycles. The summed E-state index contributed by atoms with van der Waals surface area (Å²) >= 11 is 6.83. The van der Waals surface area contributed by atoms with E-state index in [-0.39, 0.29) is 28.6 Å². The van der Waals surface area contributed by atoms with Crippen LogP contribution in [0, 0.1) is 0 Å². The average molecular weight is 504 g/mol. The summed E-state index contributed by atoms with van der Waals surface area (Å²) in [6.07, 6.45) is 1.12. The van der Waals surface area contributed by atoms with Gasteiger partial charge in [0.25, 0.3) is 10.0 Å². The van der Waals surface area contributed by atoms with Crippen molar-refractivity contribution in [1.82, 2.24) is 14.6 Å². The fourth-order valence-corrected chi connectivity index (χ4v) is 5.88. The number of rotatable bonds is 10. The number of hydrogen-bond acceptors (Lipinski definition) is 7. The number of amides is 1. The molecule has 0 unspecified atom stereocenters. The predicted molar refractivity (Wildman–Crippen MR) is 115 cm³/mol. The van der Waals surface area contributed by atoms with Crippen molar-refractivity contribution in [3.8, 4) is 0 Å². The van der Waals surface area contributed by atoms with Crippen LogP contribution in [0.1, 0.15) is 12.2 Å². The van der Waals surface area contributed by atoms with Gasteiger partial charge in [0.2, 0.25) is 15.9 Å². The lowest BCUT2D eigenvalue weighted by Crippen LogP contribution is -2.43. The molecule has 3 aromatic rings. The number of thiophene rings is 1. The van der Waals surface area contributed by atoms with E-state index in [1.165, 1.54) is 36.6 Å². The van der Waals surface area contributed by atoms with Gasteiger partial charge in [0, 0.05) is 18.0 Å². The highest BCUT2D eigenvalue weighted by Gasteiger charge is 2.26. The van der Waals surface area contributed by atoms with Crippen LogP contribution < -0.4 is 10.3 Å². The largest absolute Gasteiger partial charge is 0.468 e. The van der Waals surface area contributed by atoms with E-state index in [4.69, 9.17) is 16.0 Å². The molecule has 2 aromatic heterocycles. The first-order valence-electron chi connectivity index (χ1n) is 8.81. The normalized spacial score (nSPS) is 12.2. The molecule has 0 saturated carbocycles. The lowest BCUT2D eigenvalue weighted by Gasteiger charge is -2.21. The van der Waals surface area contributed by atoms with Gasteiger partial charge in [-0.1, -0.05) is 17.7 Å². The molecule has 3 rings (SSSR count). The predicted octanol–water partition coefficient (Wildman–Crippen LogP) is 2.59. The molecule has 0 spiro atoms. The van der Waals surface area contributed by atoms with Gasteiger partial charge in [-0.2, -0.15) is 4.31 Å². The van der Waals surface area contributed by atoms with Crippen molar-refractivity contribution in [2.75, 3.05) is 6.54 Å². The summed E-state index contributed by atoms with van der Waals surface area (Å²) in [5, 5.41) is 1.97. The smallest absolute Gasteiger partial charge is 0.266 e. The lowest BCUT2D eigenvalue weighted by molar-refractivity contribution is -0.121. The maximum atomic E-state index is 13.1. The van der Waals surface area contributed by atoms with Gasteiger partial charge in [0.1, 0.15) is 9.97 Å². The van der Waals surface area contributed by atoms with Crippen molar-refractivity contribution < 1.29 is 26.0 Å². The van der Waals surface area contributed by atoms with Crippen LogP contribution >= 0.6 is 22.9 Å². The Morgan fingerprint density at radius 1 is 1.06 bits per heavy atom. The van der Waals surface area contributed by atoms with Gasteiger partial charge in [-0.3, -0.25) is 10.2 Å². The molecular weight excluding hydrogens is 486 g/mol. The summed E-state index contributed by atoms with van der Waals surface area (Å²) in [5.74, 6) is -0.313. The van der Waals surface area contributed by atoms with Gasteiger partial charge in [-0.25, -0.2) is 16.8 Å². The van der Waals surface area contributed by atoms with Crippen LogP contribution in [-0.2, 0) is 31.4 Å². The van der Waals surface area contributed by atoms with E-state index in [2.05, 4.69) is 5.43 Å². The van der Waals surface area contributed by atoms with E-state index in [1.54, 1.807) is 23.6 Å². The number of hydrazine groups is 1. The average Bonchev–Trinajstić information content (AvgIpc) is 3.44. The Morgan fingerprint density at radius 3 is 2.42 bits per heavy atom. The highest BCUT2D eigenvalue weighted by molar-refractivity contribution is 7.91. The first kappa shape index (κ1) is 23.4. The van der Waals surface area contributed by atoms with Crippen LogP contribution in [0.15, 0.2) is 73.7 Å². The fourth-order valence-electron chi connectivity index (χ4n) is 2.50. The standard InChI is InChI=1S/C18H18ClN3O6S3/c19-14-5-7-16(8-6-14)31(26,27)22(13-15-3-1-11-28-15)10-9-17(23)20-21-30(24,25)18-4-2-12-29-18/h1-8,11-12,21H,9-10,13H2,(H,20,23). The zero-order chi connectivity index (χ0) is 22.5. The molecule has 2 N–H and O–H groups in total. The van der Waals surface area contributed by atoms with Crippen LogP contribution in [0.3, 0.4) is 0 Å². The van der Waals surface area contributed by atoms with Gasteiger partial charge in [0.15, 0.2) is 0 Å². The lowest BCUT2D eigenvalue weighted by atomic mass is 10.4. The molecule has 13 heteroatoms. The Hall–Kier alpha value is -2.22. The van der Waals surface area contributed by atoms with Gasteiger partial charge < -0.3 is 4.42 Å². The summed E-state index contributed by atoms with van der Waals surface area (Å²) < 4.78 is 56.6. The Balaban J connectivity index is 1.68. The monoisotopic (exact) mass is 503 g/mol. The minimum atomic E-state index is -3.97. The van der Waals surface area contributed by atoms with Crippen molar-refractivity contribution in [3.05, 3.63) is 71.0 Å². The molecule has 0 fully saturated rings. The minimum absolute atomic E-state index is 0.00209. The van der Waals surface area contributed by atoms with Gasteiger partial charge in [-0.15, -0.1) is 16.2 Å². The zero-order valence-corrected chi connectivity index (χ0v) is 19.1. The maximum absolute atomic E-state index is 13.1. The second-order valence-electron chi connectivity index (χ2n) is 6.21. The van der Waals surface area contributed by atoms with Crippen molar-refractivity contribution in [3.63, 3.8) is 0 Å². The first-order chi connectivity index (χ1) is 14.7. The van der Waals surface area contributed by atoms with E-state index < -0.39 is 26.0 Å². The number of nitrogens with zero attached hydrogens (tertiary/aromatic N) is 1. The molecule has 2 heterocycles. The molecule has 0 aliphatic heterocycles. The Labute approximate surface area is 188 Å². The number of nitrogens with one attached hydrogen (secondary N) is 2. The topological polar surface area (TPSA) is 126 Å². The number of sulfonamides is 2. The number of carbonyl (C=O) groups excluding carboxylic acids is 1. The van der Waals surface area contributed by atoms with E-state index in [0.29, 0.717) is 10.8 Å². The summed E-state index contributed by atoms with van der Waals surface area (Å²) in [6.45, 7) is -0.315. The first-order valence-corrected chi connectivity index (χ1v) is 13.0. The molecule has 0 aliphatic rings. The van der Waals surface area contributed by atoms with Crippen LogP contribution in [0.4, 0.5) is 0 Å². The molecule has 31 heavy (non-hydrogen) atoms. The minimum Gasteiger partial charge on any atom is -0.468 e. The maximum Gasteiger partial charge on any atom is 0.266 e. The van der Waals surface area contributed by atoms with Crippen LogP contribution in [0.25, 0.3) is 0 Å². The zero-order valence-electron chi connectivity index (χ0n) is 15.9. The summed E-state index contributed by atoms with van der Waals surface area (Å²) in [5.41, 5.74) is 2.09. The van der Waals surface area contributed by atoms with E-state index >= 15 is 0 Å². The second kappa shape index (κ2) is 9.94. The Bertz CT molecular complexity index is 1210. The molecule has 1 amide bonds. The molecular formula is C18H18ClN3O6S3. The van der Waals surface area contributed by atoms with Crippen LogP contribution in [0.2, 0.25) is 5.02 Å². The summed E-state index contributed by atoms with van der Waals surface area (Å²) in [6, 6.07) is 11.8. The number of hydrogen-bond donors (Lipinski definition) is 2. The molecule has 0 atom stereocenters. The van der Waals surface area contributed by atoms with Gasteiger partial charge >= 0.3 is 0 Å². The third kappa shape index (κ3) is 6.15. The molecule has 9 nitrogen and oxygen atoms in total. The van der Waals surface area contributed by atoms with Crippen molar-refractivity contribution >= 4 is 48.9 Å². The van der Waals surface area contributed by atoms with Crippen molar-refractivity contribution in [2.45, 2.75) is 22.1 Å². The fraction of sp³-hybridized carbons (Fsp3) is 0.167. The van der Waals surface area contributed by atoms with Crippen LogP contribution in [0.5, 0.6) is 0 Å². The molecule has 0 radical (unpaired) electrons. The highest BCUT2D eigenvalue weighted by Crippen LogP contribution is 2.21. The molecule has 166 valence electrons. The Morgan fingerprint density at radius 2 is 1.81 bits per heavy atom.